The van der Waals surface area contributed by atoms with Crippen LogP contribution in [0.4, 0.5) is 0 Å². The Kier molecular flexibility index (Phi) is 7.25. The Balaban J connectivity index is 2.68. The molecule has 1 unspecified atom stereocenters. The highest BCUT2D eigenvalue weighted by molar-refractivity contribution is 5.83. The van der Waals surface area contributed by atoms with Gasteiger partial charge >= 0.3 is 5.97 Å². The molecule has 6 heteroatoms. The normalized spacial score (nSPS) is 11.6. The van der Waals surface area contributed by atoms with E-state index in [1.165, 1.54) is 18.7 Å². The molecule has 0 aliphatic heterocycles. The molecule has 0 aliphatic rings. The maximum absolute atomic E-state index is 12.4. The van der Waals surface area contributed by atoms with Crippen LogP contribution < -0.4 is 5.32 Å². The van der Waals surface area contributed by atoms with E-state index < -0.39 is 12.0 Å². The number of carboxylic acids is 1. The topological polar surface area (TPSA) is 86.7 Å². The van der Waals surface area contributed by atoms with Crippen LogP contribution in [0, 0.1) is 6.92 Å². The number of carboxylic acid groups (broad SMARTS) is 1. The van der Waals surface area contributed by atoms with Crippen molar-refractivity contribution < 1.29 is 19.5 Å². The molecule has 0 fully saturated rings. The molecule has 0 aromatic heterocycles. The Bertz CT molecular complexity index is 571. The zero-order valence-electron chi connectivity index (χ0n) is 13.8. The fourth-order valence-electron chi connectivity index (χ4n) is 2.30. The smallest absolute Gasteiger partial charge is 0.326 e. The van der Waals surface area contributed by atoms with Gasteiger partial charge in [0.05, 0.1) is 0 Å². The quantitative estimate of drug-likeness (QED) is 0.757. The second-order valence-corrected chi connectivity index (χ2v) is 5.51. The average Bonchev–Trinajstić information content (AvgIpc) is 2.49. The van der Waals surface area contributed by atoms with Crippen LogP contribution in [0.1, 0.15) is 31.4 Å². The molecule has 0 spiro atoms. The summed E-state index contributed by atoms with van der Waals surface area (Å²) in [5.41, 5.74) is 2.18. The maximum Gasteiger partial charge on any atom is 0.326 e. The predicted octanol–water partition coefficient (Wildman–Crippen LogP) is 1.37. The molecule has 2 amide bonds. The molecule has 0 bridgehead atoms. The van der Waals surface area contributed by atoms with Crippen LogP contribution in [0.15, 0.2) is 24.3 Å². The zero-order chi connectivity index (χ0) is 17.4. The van der Waals surface area contributed by atoms with E-state index in [4.69, 9.17) is 5.11 Å². The summed E-state index contributed by atoms with van der Waals surface area (Å²) in [5.74, 6) is -1.49. The van der Waals surface area contributed by atoms with Crippen molar-refractivity contribution >= 4 is 17.8 Å². The number of hydrogen-bond acceptors (Lipinski definition) is 3. The molecule has 0 heterocycles. The first kappa shape index (κ1) is 18.7. The molecule has 6 nitrogen and oxygen atoms in total. The zero-order valence-corrected chi connectivity index (χ0v) is 13.8. The molecule has 0 saturated heterocycles. The summed E-state index contributed by atoms with van der Waals surface area (Å²) < 4.78 is 0. The van der Waals surface area contributed by atoms with Gasteiger partial charge in [0.2, 0.25) is 11.8 Å². The number of rotatable bonds is 8. The molecule has 1 atom stereocenters. The van der Waals surface area contributed by atoms with Gasteiger partial charge in [-0.2, -0.15) is 0 Å². The molecule has 0 aliphatic carbocycles. The summed E-state index contributed by atoms with van der Waals surface area (Å²) in [4.78, 5) is 35.8. The molecule has 1 aromatic rings. The second-order valence-electron chi connectivity index (χ2n) is 5.51. The Morgan fingerprint density at radius 2 is 1.91 bits per heavy atom. The van der Waals surface area contributed by atoms with Gasteiger partial charge < -0.3 is 15.3 Å². The minimum atomic E-state index is -1.06. The van der Waals surface area contributed by atoms with Gasteiger partial charge in [-0.25, -0.2) is 4.79 Å². The average molecular weight is 320 g/mol. The summed E-state index contributed by atoms with van der Waals surface area (Å²) in [7, 11) is 0. The molecule has 1 rings (SSSR count). The Hall–Kier alpha value is -2.37. The van der Waals surface area contributed by atoms with Crippen LogP contribution in [-0.4, -0.2) is 46.9 Å². The summed E-state index contributed by atoms with van der Waals surface area (Å²) in [5, 5.41) is 11.7. The summed E-state index contributed by atoms with van der Waals surface area (Å²) in [6.07, 6.45) is 0.803. The third-order valence-electron chi connectivity index (χ3n) is 3.74. The number of carbonyl (C=O) groups excluding carboxylic acids is 2. The van der Waals surface area contributed by atoms with Gasteiger partial charge in [-0.15, -0.1) is 0 Å². The molecular formula is C17H24N2O4. The lowest BCUT2D eigenvalue weighted by Crippen LogP contribution is -2.46. The van der Waals surface area contributed by atoms with Crippen LogP contribution in [0.2, 0.25) is 0 Å². The number of nitrogens with zero attached hydrogens (tertiary/aromatic N) is 1. The van der Waals surface area contributed by atoms with Crippen LogP contribution in [0.25, 0.3) is 0 Å². The first-order valence-corrected chi connectivity index (χ1v) is 7.64. The number of nitrogens with one attached hydrogen (secondary N) is 1. The van der Waals surface area contributed by atoms with Gasteiger partial charge in [0.25, 0.3) is 0 Å². The molecular weight excluding hydrogens is 296 g/mol. The standard InChI is InChI=1S/C17H24N2O4/c1-12-6-4-5-7-15(12)8-9-16(21)19(13(2)17(22)23)11-10-18-14(3)20/h4-7,13H,8-11H2,1-3H3,(H,18,20)(H,22,23). The van der Waals surface area contributed by atoms with Crippen molar-refractivity contribution in [3.8, 4) is 0 Å². The van der Waals surface area contributed by atoms with Crippen LogP contribution >= 0.6 is 0 Å². The van der Waals surface area contributed by atoms with E-state index in [1.807, 2.05) is 31.2 Å². The first-order valence-electron chi connectivity index (χ1n) is 7.64. The summed E-state index contributed by atoms with van der Waals surface area (Å²) >= 11 is 0. The number of benzene rings is 1. The van der Waals surface area contributed by atoms with Crippen molar-refractivity contribution in [2.45, 2.75) is 39.7 Å². The lowest BCUT2D eigenvalue weighted by atomic mass is 10.0. The number of carbonyl (C=O) groups is 3. The van der Waals surface area contributed by atoms with Gasteiger partial charge in [0.15, 0.2) is 0 Å². The van der Waals surface area contributed by atoms with Gasteiger partial charge in [0.1, 0.15) is 6.04 Å². The minimum absolute atomic E-state index is 0.180. The van der Waals surface area contributed by atoms with E-state index >= 15 is 0 Å². The highest BCUT2D eigenvalue weighted by Gasteiger charge is 2.24. The van der Waals surface area contributed by atoms with E-state index in [1.54, 1.807) is 0 Å². The van der Waals surface area contributed by atoms with Crippen molar-refractivity contribution in [1.29, 1.82) is 0 Å². The predicted molar refractivity (Wildman–Crippen MR) is 87.0 cm³/mol. The van der Waals surface area contributed by atoms with Gasteiger partial charge in [-0.3, -0.25) is 9.59 Å². The Labute approximate surface area is 136 Å². The minimum Gasteiger partial charge on any atom is -0.480 e. The van der Waals surface area contributed by atoms with Crippen molar-refractivity contribution in [2.24, 2.45) is 0 Å². The molecule has 23 heavy (non-hydrogen) atoms. The lowest BCUT2D eigenvalue weighted by Gasteiger charge is -2.26. The van der Waals surface area contributed by atoms with E-state index in [2.05, 4.69) is 5.32 Å². The van der Waals surface area contributed by atoms with Gasteiger partial charge in [0, 0.05) is 26.4 Å². The van der Waals surface area contributed by atoms with Gasteiger partial charge in [-0.05, 0) is 31.4 Å². The fourth-order valence-corrected chi connectivity index (χ4v) is 2.30. The molecule has 1 aromatic carbocycles. The first-order chi connectivity index (χ1) is 10.8. The summed E-state index contributed by atoms with van der Waals surface area (Å²) in [6.45, 7) is 5.25. The van der Waals surface area contributed by atoms with Crippen LogP contribution in [0.3, 0.4) is 0 Å². The third kappa shape index (κ3) is 6.10. The summed E-state index contributed by atoms with van der Waals surface area (Å²) in [6, 6.07) is 6.88. The highest BCUT2D eigenvalue weighted by atomic mass is 16.4. The lowest BCUT2D eigenvalue weighted by molar-refractivity contribution is -0.149. The molecule has 126 valence electrons. The van der Waals surface area contributed by atoms with E-state index in [0.29, 0.717) is 6.42 Å². The van der Waals surface area contributed by atoms with Crippen molar-refractivity contribution in [2.75, 3.05) is 13.1 Å². The van der Waals surface area contributed by atoms with Crippen molar-refractivity contribution in [3.63, 3.8) is 0 Å². The molecule has 0 radical (unpaired) electrons. The van der Waals surface area contributed by atoms with E-state index in [0.717, 1.165) is 11.1 Å². The SMILES string of the molecule is CC(=O)NCCN(C(=O)CCc1ccccc1C)C(C)C(=O)O. The monoisotopic (exact) mass is 320 g/mol. The van der Waals surface area contributed by atoms with Crippen molar-refractivity contribution in [3.05, 3.63) is 35.4 Å². The number of hydrogen-bond donors (Lipinski definition) is 2. The highest BCUT2D eigenvalue weighted by Crippen LogP contribution is 2.11. The second kappa shape index (κ2) is 8.92. The fraction of sp³-hybridized carbons (Fsp3) is 0.471. The van der Waals surface area contributed by atoms with E-state index in [-0.39, 0.29) is 31.3 Å². The number of aliphatic carboxylic acids is 1. The van der Waals surface area contributed by atoms with Crippen LogP contribution in [-0.2, 0) is 20.8 Å². The number of aryl methyl sites for hydroxylation is 2. The maximum atomic E-state index is 12.4. The molecule has 2 N–H and O–H groups in total. The Morgan fingerprint density at radius 1 is 1.26 bits per heavy atom. The van der Waals surface area contributed by atoms with E-state index in [9.17, 15) is 14.4 Å². The van der Waals surface area contributed by atoms with Gasteiger partial charge in [-0.1, -0.05) is 24.3 Å². The van der Waals surface area contributed by atoms with Crippen LogP contribution in [0.5, 0.6) is 0 Å². The third-order valence-corrected chi connectivity index (χ3v) is 3.74. The largest absolute Gasteiger partial charge is 0.480 e. The number of amides is 2. The molecule has 0 saturated carbocycles. The Morgan fingerprint density at radius 3 is 2.48 bits per heavy atom. The van der Waals surface area contributed by atoms with Crippen molar-refractivity contribution in [1.82, 2.24) is 10.2 Å².